The summed E-state index contributed by atoms with van der Waals surface area (Å²) in [6.07, 6.45) is 8.04. The van der Waals surface area contributed by atoms with E-state index in [1.54, 1.807) is 0 Å². The summed E-state index contributed by atoms with van der Waals surface area (Å²) in [5.41, 5.74) is 0.0842. The summed E-state index contributed by atoms with van der Waals surface area (Å²) < 4.78 is 0. The Morgan fingerprint density at radius 1 is 1.28 bits per heavy atom. The van der Waals surface area contributed by atoms with Crippen molar-refractivity contribution in [2.24, 2.45) is 5.92 Å². The fraction of sp³-hybridized carbons (Fsp3) is 0.933. The van der Waals surface area contributed by atoms with Crippen LogP contribution in [0.2, 0.25) is 0 Å². The number of nitrogens with one attached hydrogen (secondary N) is 1. The van der Waals surface area contributed by atoms with Gasteiger partial charge in [-0.25, -0.2) is 0 Å². The van der Waals surface area contributed by atoms with Gasteiger partial charge in [-0.3, -0.25) is 4.79 Å². The van der Waals surface area contributed by atoms with Crippen LogP contribution in [0.3, 0.4) is 0 Å². The van der Waals surface area contributed by atoms with Crippen molar-refractivity contribution in [3.8, 4) is 0 Å². The Morgan fingerprint density at radius 3 is 2.44 bits per heavy atom. The summed E-state index contributed by atoms with van der Waals surface area (Å²) in [6, 6.07) is 0.435. The van der Waals surface area contributed by atoms with Crippen molar-refractivity contribution in [2.45, 2.75) is 70.4 Å². The maximum Gasteiger partial charge on any atom is 0.224 e. The Morgan fingerprint density at radius 2 is 1.94 bits per heavy atom. The van der Waals surface area contributed by atoms with Crippen LogP contribution in [-0.2, 0) is 4.79 Å². The molecule has 1 aliphatic heterocycles. The van der Waals surface area contributed by atoms with Crippen molar-refractivity contribution in [3.05, 3.63) is 0 Å². The van der Waals surface area contributed by atoms with Crippen molar-refractivity contribution < 1.29 is 4.79 Å². The van der Waals surface area contributed by atoms with Crippen molar-refractivity contribution in [2.75, 3.05) is 13.6 Å². The number of amides is 1. The molecular formula is C15H28N2O. The largest absolute Gasteiger partial charge is 0.340 e. The Hall–Kier alpha value is -0.570. The molecule has 18 heavy (non-hydrogen) atoms. The summed E-state index contributed by atoms with van der Waals surface area (Å²) >= 11 is 0. The smallest absolute Gasteiger partial charge is 0.224 e. The number of hydrogen-bond acceptors (Lipinski definition) is 2. The quantitative estimate of drug-likeness (QED) is 0.837. The van der Waals surface area contributed by atoms with Crippen molar-refractivity contribution in [1.29, 1.82) is 0 Å². The van der Waals surface area contributed by atoms with Crippen LogP contribution in [0.1, 0.15) is 58.8 Å². The number of hydrogen-bond donors (Lipinski definition) is 1. The van der Waals surface area contributed by atoms with Gasteiger partial charge in [0, 0.05) is 24.5 Å². The first kappa shape index (κ1) is 13.9. The fourth-order valence-electron chi connectivity index (χ4n) is 3.78. The van der Waals surface area contributed by atoms with Gasteiger partial charge in [0.1, 0.15) is 0 Å². The second-order valence-electron chi connectivity index (χ2n) is 6.50. The number of nitrogens with zero attached hydrogens (tertiary/aromatic N) is 1. The molecule has 3 nitrogen and oxygen atoms in total. The first-order valence-electron chi connectivity index (χ1n) is 7.55. The van der Waals surface area contributed by atoms with Gasteiger partial charge in [0.15, 0.2) is 0 Å². The zero-order chi connectivity index (χ0) is 13.2. The zero-order valence-corrected chi connectivity index (χ0v) is 12.2. The second-order valence-corrected chi connectivity index (χ2v) is 6.50. The predicted octanol–water partition coefficient (Wildman–Crippen LogP) is 2.56. The average molecular weight is 252 g/mol. The van der Waals surface area contributed by atoms with Crippen LogP contribution in [0.5, 0.6) is 0 Å². The number of carbonyl (C=O) groups excluding carboxylic acids is 1. The molecule has 0 aromatic heterocycles. The summed E-state index contributed by atoms with van der Waals surface area (Å²) in [5, 5.41) is 3.45. The Kier molecular flexibility index (Phi) is 4.31. The van der Waals surface area contributed by atoms with Gasteiger partial charge < -0.3 is 10.2 Å². The number of carbonyl (C=O) groups is 1. The molecule has 2 rings (SSSR count). The third kappa shape index (κ3) is 2.87. The highest BCUT2D eigenvalue weighted by molar-refractivity contribution is 5.78. The minimum Gasteiger partial charge on any atom is -0.340 e. The molecule has 0 spiro atoms. The lowest BCUT2D eigenvalue weighted by Gasteiger charge is -2.38. The van der Waals surface area contributed by atoms with E-state index in [0.717, 1.165) is 25.8 Å². The maximum atomic E-state index is 12.5. The monoisotopic (exact) mass is 252 g/mol. The minimum absolute atomic E-state index is 0.0842. The summed E-state index contributed by atoms with van der Waals surface area (Å²) in [6.45, 7) is 5.40. The van der Waals surface area contributed by atoms with Gasteiger partial charge in [0.05, 0.1) is 0 Å². The minimum atomic E-state index is 0.0842. The molecule has 1 heterocycles. The summed E-state index contributed by atoms with van der Waals surface area (Å²) in [7, 11) is 2.02. The molecule has 0 bridgehead atoms. The third-order valence-electron chi connectivity index (χ3n) is 4.93. The van der Waals surface area contributed by atoms with E-state index in [0.29, 0.717) is 24.3 Å². The Balaban J connectivity index is 1.97. The summed E-state index contributed by atoms with van der Waals surface area (Å²) in [4.78, 5) is 14.6. The normalized spacial score (nSPS) is 31.6. The van der Waals surface area contributed by atoms with Crippen LogP contribution in [0.15, 0.2) is 0 Å². The predicted molar refractivity (Wildman–Crippen MR) is 74.4 cm³/mol. The molecule has 0 aromatic rings. The highest BCUT2D eigenvalue weighted by Crippen LogP contribution is 2.32. The molecular weight excluding hydrogens is 224 g/mol. The van der Waals surface area contributed by atoms with Gasteiger partial charge >= 0.3 is 0 Å². The van der Waals surface area contributed by atoms with E-state index in [9.17, 15) is 4.79 Å². The standard InChI is InChI=1S/C15H28N2O/c1-12-9-13(2)17(11-12)14(18)10-15(16-3)7-5-4-6-8-15/h12-13,16H,4-11H2,1-3H3. The molecule has 104 valence electrons. The number of likely N-dealkylation sites (tertiary alicyclic amines) is 1. The zero-order valence-electron chi connectivity index (χ0n) is 12.2. The molecule has 1 amide bonds. The van der Waals surface area contributed by atoms with Crippen molar-refractivity contribution >= 4 is 5.91 Å². The average Bonchev–Trinajstić information content (AvgIpc) is 2.70. The lowest BCUT2D eigenvalue weighted by Crippen LogP contribution is -2.49. The van der Waals surface area contributed by atoms with Crippen LogP contribution in [-0.4, -0.2) is 36.0 Å². The summed E-state index contributed by atoms with van der Waals surface area (Å²) in [5.74, 6) is 1.03. The van der Waals surface area contributed by atoms with Gasteiger partial charge in [-0.15, -0.1) is 0 Å². The molecule has 2 aliphatic rings. The van der Waals surface area contributed by atoms with Crippen LogP contribution < -0.4 is 5.32 Å². The first-order valence-corrected chi connectivity index (χ1v) is 7.55. The van der Waals surface area contributed by atoms with Crippen LogP contribution in [0.25, 0.3) is 0 Å². The van der Waals surface area contributed by atoms with E-state index in [2.05, 4.69) is 24.1 Å². The van der Waals surface area contributed by atoms with Crippen LogP contribution in [0, 0.1) is 5.92 Å². The molecule has 1 N–H and O–H groups in total. The molecule has 2 unspecified atom stereocenters. The van der Waals surface area contributed by atoms with E-state index in [-0.39, 0.29) is 5.54 Å². The van der Waals surface area contributed by atoms with E-state index >= 15 is 0 Å². The van der Waals surface area contributed by atoms with E-state index in [4.69, 9.17) is 0 Å². The first-order chi connectivity index (χ1) is 8.56. The second kappa shape index (κ2) is 5.60. The van der Waals surface area contributed by atoms with E-state index in [1.165, 1.54) is 19.3 Å². The van der Waals surface area contributed by atoms with Gasteiger partial charge in [-0.2, -0.15) is 0 Å². The van der Waals surface area contributed by atoms with E-state index in [1.807, 2.05) is 7.05 Å². The Bertz CT molecular complexity index is 297. The molecule has 3 heteroatoms. The molecule has 2 fully saturated rings. The van der Waals surface area contributed by atoms with Gasteiger partial charge in [-0.1, -0.05) is 26.2 Å². The van der Waals surface area contributed by atoms with Gasteiger partial charge in [0.25, 0.3) is 0 Å². The third-order valence-corrected chi connectivity index (χ3v) is 4.93. The molecule has 2 atom stereocenters. The number of rotatable bonds is 3. The van der Waals surface area contributed by atoms with Gasteiger partial charge in [0.2, 0.25) is 5.91 Å². The van der Waals surface area contributed by atoms with Gasteiger partial charge in [-0.05, 0) is 39.2 Å². The van der Waals surface area contributed by atoms with Crippen molar-refractivity contribution in [3.63, 3.8) is 0 Å². The lowest BCUT2D eigenvalue weighted by atomic mass is 9.79. The fourth-order valence-corrected chi connectivity index (χ4v) is 3.78. The molecule has 1 saturated carbocycles. The molecule has 1 aliphatic carbocycles. The van der Waals surface area contributed by atoms with Crippen LogP contribution in [0.4, 0.5) is 0 Å². The topological polar surface area (TPSA) is 32.3 Å². The SMILES string of the molecule is CNC1(CC(=O)N2CC(C)CC2C)CCCCC1. The molecule has 1 saturated heterocycles. The maximum absolute atomic E-state index is 12.5. The van der Waals surface area contributed by atoms with Crippen molar-refractivity contribution in [1.82, 2.24) is 10.2 Å². The molecule has 0 radical (unpaired) electrons. The molecule has 0 aromatic carbocycles. The van der Waals surface area contributed by atoms with E-state index < -0.39 is 0 Å². The Labute approximate surface area is 111 Å². The lowest BCUT2D eigenvalue weighted by molar-refractivity contribution is -0.133. The highest BCUT2D eigenvalue weighted by Gasteiger charge is 2.37. The highest BCUT2D eigenvalue weighted by atomic mass is 16.2. The van der Waals surface area contributed by atoms with Crippen LogP contribution >= 0.6 is 0 Å².